The largest absolute Gasteiger partial charge is 0.480 e. The molecule has 0 aliphatic rings. The molecule has 0 radical (unpaired) electrons. The minimum Gasteiger partial charge on any atom is -0.480 e. The van der Waals surface area contributed by atoms with E-state index < -0.39 is 12.0 Å². The van der Waals surface area contributed by atoms with Gasteiger partial charge in [-0.15, -0.1) is 0 Å². The Bertz CT molecular complexity index is 687. The van der Waals surface area contributed by atoms with Crippen LogP contribution >= 0.6 is 0 Å². The fourth-order valence-corrected chi connectivity index (χ4v) is 4.48. The Morgan fingerprint density at radius 2 is 1.37 bits per heavy atom. The van der Waals surface area contributed by atoms with E-state index >= 15 is 0 Å². The molecule has 1 amide bonds. The minimum absolute atomic E-state index is 0.0902. The lowest BCUT2D eigenvalue weighted by Gasteiger charge is -2.13. The predicted octanol–water partition coefficient (Wildman–Crippen LogP) is 1.78. The normalized spacial score (nSPS) is 12.9. The molecule has 0 spiro atoms. The number of aliphatic carboxylic acids is 1. The first-order valence-corrected chi connectivity index (χ1v) is 14.4. The molecule has 0 aromatic heterocycles. The van der Waals surface area contributed by atoms with Gasteiger partial charge in [0.2, 0.25) is 11.7 Å². The molecule has 0 saturated heterocycles. The van der Waals surface area contributed by atoms with Gasteiger partial charge in [0.15, 0.2) is 5.84 Å². The lowest BCUT2D eigenvalue weighted by atomic mass is 9.98. The molecule has 0 bridgehead atoms. The summed E-state index contributed by atoms with van der Waals surface area (Å²) in [5, 5.41) is 24.1. The number of amides is 1. The first-order chi connectivity index (χ1) is 18.4. The number of amidine groups is 2. The molecule has 0 rings (SSSR count). The van der Waals surface area contributed by atoms with Gasteiger partial charge in [-0.3, -0.25) is 15.9 Å². The molecular weight excluding hydrogens is 484 g/mol. The zero-order valence-electron chi connectivity index (χ0n) is 23.4. The number of carboxylic acids is 1. The Hall–Kier alpha value is -2.82. The molecule has 0 saturated carbocycles. The maximum atomic E-state index is 11.9. The molecular formula is C27H55N8O3+. The van der Waals surface area contributed by atoms with Crippen molar-refractivity contribution in [1.82, 2.24) is 16.1 Å². The van der Waals surface area contributed by atoms with Crippen LogP contribution in [0.4, 0.5) is 0 Å². The fourth-order valence-electron chi connectivity index (χ4n) is 4.48. The highest BCUT2D eigenvalue weighted by Crippen LogP contribution is 2.15. The number of rotatable bonds is 26. The number of hydrogen-bond donors (Lipinski definition) is 8. The Morgan fingerprint density at radius 3 is 1.82 bits per heavy atom. The van der Waals surface area contributed by atoms with E-state index in [1.54, 1.807) is 0 Å². The topological polar surface area (TPSA) is 206 Å². The third-order valence-corrected chi connectivity index (χ3v) is 6.77. The minimum atomic E-state index is -0.879. The molecule has 12 N–H and O–H groups in total. The van der Waals surface area contributed by atoms with E-state index in [2.05, 4.69) is 27.7 Å². The van der Waals surface area contributed by atoms with Gasteiger partial charge in [0, 0.05) is 13.0 Å². The van der Waals surface area contributed by atoms with Gasteiger partial charge in [-0.25, -0.2) is 10.6 Å². The van der Waals surface area contributed by atoms with Crippen LogP contribution < -0.4 is 38.9 Å². The van der Waals surface area contributed by atoms with Crippen molar-refractivity contribution < 1.29 is 20.1 Å². The summed E-state index contributed by atoms with van der Waals surface area (Å²) >= 11 is 0. The summed E-state index contributed by atoms with van der Waals surface area (Å²) in [6.45, 7) is 4.09. The Balaban J connectivity index is 3.48. The van der Waals surface area contributed by atoms with Crippen molar-refractivity contribution >= 4 is 23.5 Å². The number of carbonyl (C=O) groups excluding carboxylic acids is 1. The van der Waals surface area contributed by atoms with Crippen LogP contribution in [0.2, 0.25) is 0 Å². The number of hydrogen-bond acceptors (Lipinski definition) is 6. The third-order valence-electron chi connectivity index (χ3n) is 6.77. The molecule has 0 aromatic carbocycles. The predicted molar refractivity (Wildman–Crippen MR) is 154 cm³/mol. The molecule has 1 unspecified atom stereocenters. The van der Waals surface area contributed by atoms with E-state index in [0.717, 1.165) is 44.9 Å². The highest BCUT2D eigenvalue weighted by Gasteiger charge is 2.22. The zero-order valence-corrected chi connectivity index (χ0v) is 23.4. The van der Waals surface area contributed by atoms with Crippen LogP contribution in [-0.2, 0) is 9.59 Å². The standard InChI is InChI=1S/C27H54N8O3/c1-2-32-23(27(37)38)19-16-17-21-33-24(36)20-15-13-11-9-7-5-3-4-6-8-10-12-14-18-22(25(28)29)26(34-30)35-31/h2,22-23,32H,1,3-21,30-31H2,(H3,28,29)(H,33,36)(H,34,35)(H,37,38)/p+1/t22?,23-/m0/s1. The number of nitrogens with one attached hydrogen (secondary N) is 3. The van der Waals surface area contributed by atoms with Crippen LogP contribution in [0, 0.1) is 5.92 Å². The molecule has 0 aromatic rings. The van der Waals surface area contributed by atoms with Crippen LogP contribution in [0.25, 0.3) is 0 Å². The van der Waals surface area contributed by atoms with Crippen molar-refractivity contribution in [3.63, 3.8) is 0 Å². The maximum Gasteiger partial charge on any atom is 0.326 e. The highest BCUT2D eigenvalue weighted by atomic mass is 16.4. The van der Waals surface area contributed by atoms with Gasteiger partial charge in [-0.05, 0) is 38.3 Å². The average Bonchev–Trinajstić information content (AvgIpc) is 2.89. The monoisotopic (exact) mass is 539 g/mol. The number of carbonyl (C=O) groups is 2. The Kier molecular flexibility index (Phi) is 22.7. The molecule has 220 valence electrons. The van der Waals surface area contributed by atoms with Crippen LogP contribution in [0.15, 0.2) is 17.9 Å². The van der Waals surface area contributed by atoms with Crippen molar-refractivity contribution in [3.05, 3.63) is 12.8 Å². The molecule has 0 fully saturated rings. The second-order valence-corrected chi connectivity index (χ2v) is 9.95. The number of hydrazine groups is 1. The van der Waals surface area contributed by atoms with Crippen LogP contribution in [0.3, 0.4) is 0 Å². The zero-order chi connectivity index (χ0) is 28.4. The second-order valence-electron chi connectivity index (χ2n) is 9.95. The first kappa shape index (κ1) is 35.2. The summed E-state index contributed by atoms with van der Waals surface area (Å²) in [5.41, 5.74) is 8.20. The molecule has 0 aliphatic heterocycles. The Morgan fingerprint density at radius 1 is 0.868 bits per heavy atom. The number of nitrogens with zero attached hydrogens (tertiary/aromatic N) is 1. The van der Waals surface area contributed by atoms with E-state index in [1.165, 1.54) is 64.0 Å². The van der Waals surface area contributed by atoms with Gasteiger partial charge >= 0.3 is 5.97 Å². The average molecular weight is 540 g/mol. The highest BCUT2D eigenvalue weighted by molar-refractivity contribution is 6.02. The summed E-state index contributed by atoms with van der Waals surface area (Å²) in [4.78, 5) is 23.0. The molecule has 0 heterocycles. The molecule has 11 heteroatoms. The van der Waals surface area contributed by atoms with Crippen molar-refractivity contribution in [1.29, 1.82) is 0 Å². The quantitative estimate of drug-likeness (QED) is 0.0266. The van der Waals surface area contributed by atoms with E-state index in [4.69, 9.17) is 27.9 Å². The molecule has 38 heavy (non-hydrogen) atoms. The van der Waals surface area contributed by atoms with E-state index in [0.29, 0.717) is 25.2 Å². The third kappa shape index (κ3) is 19.3. The van der Waals surface area contributed by atoms with Crippen molar-refractivity contribution in [2.24, 2.45) is 28.4 Å². The lowest BCUT2D eigenvalue weighted by molar-refractivity contribution is -0.139. The van der Waals surface area contributed by atoms with Gasteiger partial charge in [0.05, 0.1) is 0 Å². The molecule has 11 nitrogen and oxygen atoms in total. The molecule has 2 atom stereocenters. The maximum absolute atomic E-state index is 11.9. The van der Waals surface area contributed by atoms with Crippen LogP contribution in [0.5, 0.6) is 0 Å². The summed E-state index contributed by atoms with van der Waals surface area (Å²) in [6.07, 6.45) is 20.2. The summed E-state index contributed by atoms with van der Waals surface area (Å²) in [5.74, 6) is 10.4. The Labute approximate surface area is 229 Å². The number of carboxylic acid groups (broad SMARTS) is 1. The van der Waals surface area contributed by atoms with Crippen molar-refractivity contribution in [2.45, 2.75) is 122 Å². The van der Waals surface area contributed by atoms with E-state index in [1.807, 2.05) is 0 Å². The number of nitrogens with two attached hydrogens (primary N) is 4. The van der Waals surface area contributed by atoms with Crippen molar-refractivity contribution in [3.8, 4) is 0 Å². The van der Waals surface area contributed by atoms with E-state index in [9.17, 15) is 9.59 Å². The number of unbranched alkanes of at least 4 members (excludes halogenated alkanes) is 13. The first-order valence-electron chi connectivity index (χ1n) is 14.4. The van der Waals surface area contributed by atoms with Crippen LogP contribution in [-0.4, -0.2) is 41.2 Å². The SMILES string of the molecule is C=CN[C@@H](CCCCNC(=O)CCCCCCCCCCCCCCCC(C(N)=[NH2+])/C(=N/N)NN)C(=O)O. The fraction of sp³-hybridized carbons (Fsp3) is 0.778. The summed E-state index contributed by atoms with van der Waals surface area (Å²) in [7, 11) is 0. The van der Waals surface area contributed by atoms with Crippen molar-refractivity contribution in [2.75, 3.05) is 6.54 Å². The molecule has 0 aliphatic carbocycles. The smallest absolute Gasteiger partial charge is 0.326 e. The van der Waals surface area contributed by atoms with E-state index in [-0.39, 0.29) is 17.7 Å². The van der Waals surface area contributed by atoms with Gasteiger partial charge < -0.3 is 27.0 Å². The summed E-state index contributed by atoms with van der Waals surface area (Å²) < 4.78 is 0. The summed E-state index contributed by atoms with van der Waals surface area (Å²) in [6, 6.07) is -0.610. The lowest BCUT2D eigenvalue weighted by Crippen LogP contribution is -2.55. The second kappa shape index (κ2) is 24.5. The van der Waals surface area contributed by atoms with Gasteiger partial charge in [-0.1, -0.05) is 83.6 Å². The van der Waals surface area contributed by atoms with Crippen LogP contribution in [0.1, 0.15) is 116 Å². The van der Waals surface area contributed by atoms with Gasteiger partial charge in [0.25, 0.3) is 0 Å². The number of hydrazone groups is 1. The van der Waals surface area contributed by atoms with Gasteiger partial charge in [-0.2, -0.15) is 5.10 Å². The van der Waals surface area contributed by atoms with Gasteiger partial charge in [0.1, 0.15) is 12.0 Å².